The van der Waals surface area contributed by atoms with Crippen molar-refractivity contribution in [1.29, 1.82) is 0 Å². The SMILES string of the molecule is C=CN(/C=C\C)Cc1c(C)c(C)c(CC)c(C)c1C.CC.CC=N/C=C\C. The Hall–Kier alpha value is -2.09. The maximum atomic E-state index is 3.89. The van der Waals surface area contributed by atoms with E-state index in [0.717, 1.165) is 13.0 Å². The molecule has 0 atom stereocenters. The van der Waals surface area contributed by atoms with Gasteiger partial charge in [0, 0.05) is 19.0 Å². The first kappa shape index (κ1) is 27.1. The largest absolute Gasteiger partial charge is 0.351 e. The van der Waals surface area contributed by atoms with Crippen LogP contribution in [0.5, 0.6) is 0 Å². The molecule has 1 aromatic rings. The number of hydrogen-bond acceptors (Lipinski definition) is 2. The summed E-state index contributed by atoms with van der Waals surface area (Å²) in [6.07, 6.45) is 12.5. The molecule has 2 nitrogen and oxygen atoms in total. The molecule has 0 aliphatic carbocycles. The number of allylic oxidation sites excluding steroid dienone is 2. The summed E-state index contributed by atoms with van der Waals surface area (Å²) in [5.74, 6) is 0. The van der Waals surface area contributed by atoms with Crippen molar-refractivity contribution in [2.24, 2.45) is 4.99 Å². The van der Waals surface area contributed by atoms with Crippen molar-refractivity contribution in [2.45, 2.75) is 82.2 Å². The molecular formula is C25H42N2. The van der Waals surface area contributed by atoms with Crippen molar-refractivity contribution in [1.82, 2.24) is 4.90 Å². The average Bonchev–Trinajstić information content (AvgIpc) is 2.69. The zero-order valence-electron chi connectivity index (χ0n) is 19.5. The lowest BCUT2D eigenvalue weighted by molar-refractivity contribution is 0.498. The topological polar surface area (TPSA) is 15.6 Å². The highest BCUT2D eigenvalue weighted by atomic mass is 15.1. The summed E-state index contributed by atoms with van der Waals surface area (Å²) < 4.78 is 0. The Morgan fingerprint density at radius 3 is 1.63 bits per heavy atom. The molecule has 0 N–H and O–H groups in total. The van der Waals surface area contributed by atoms with Crippen LogP contribution in [-0.4, -0.2) is 11.1 Å². The average molecular weight is 371 g/mol. The Morgan fingerprint density at radius 2 is 1.33 bits per heavy atom. The standard InChI is InChI=1S/C18H27N.C5H9N.C2H6/c1-8-11-19(10-3)12-18-15(6)13(4)17(9-2)14(5)16(18)7;1-3-5-6-4-2;1-2/h8,10-11H,3,9,12H2,1-2,4-7H3;3-5H,1-2H3;1-2H3/b11-8-;5-3-,6-4?;. The number of benzene rings is 1. The van der Waals surface area contributed by atoms with Gasteiger partial charge in [0.25, 0.3) is 0 Å². The van der Waals surface area contributed by atoms with E-state index in [1.807, 2.05) is 53.0 Å². The van der Waals surface area contributed by atoms with Crippen LogP contribution in [0.2, 0.25) is 0 Å². The maximum absolute atomic E-state index is 3.89. The Labute approximate surface area is 169 Å². The fourth-order valence-corrected chi connectivity index (χ4v) is 2.96. The van der Waals surface area contributed by atoms with Crippen LogP contribution in [0.15, 0.2) is 42.3 Å². The molecule has 0 amide bonds. The van der Waals surface area contributed by atoms with Crippen LogP contribution in [0.25, 0.3) is 0 Å². The van der Waals surface area contributed by atoms with E-state index in [9.17, 15) is 0 Å². The summed E-state index contributed by atoms with van der Waals surface area (Å²) in [7, 11) is 0. The van der Waals surface area contributed by atoms with E-state index in [1.165, 1.54) is 33.4 Å². The Bertz CT molecular complexity index is 595. The normalized spacial score (nSPS) is 10.6. The quantitative estimate of drug-likeness (QED) is 0.471. The minimum absolute atomic E-state index is 0.900. The molecule has 0 aliphatic rings. The first-order valence-corrected chi connectivity index (χ1v) is 10.1. The van der Waals surface area contributed by atoms with Crippen molar-refractivity contribution >= 4 is 6.21 Å². The minimum Gasteiger partial charge on any atom is -0.351 e. The summed E-state index contributed by atoms with van der Waals surface area (Å²) in [6, 6.07) is 0. The lowest BCUT2D eigenvalue weighted by Gasteiger charge is -2.23. The predicted molar refractivity (Wildman–Crippen MR) is 126 cm³/mol. The van der Waals surface area contributed by atoms with E-state index >= 15 is 0 Å². The lowest BCUT2D eigenvalue weighted by Crippen LogP contribution is -2.13. The number of rotatable bonds is 6. The molecule has 2 heteroatoms. The van der Waals surface area contributed by atoms with Gasteiger partial charge in [-0.15, -0.1) is 0 Å². The monoisotopic (exact) mass is 370 g/mol. The van der Waals surface area contributed by atoms with Gasteiger partial charge in [0.2, 0.25) is 0 Å². The van der Waals surface area contributed by atoms with Gasteiger partial charge in [-0.05, 0) is 101 Å². The van der Waals surface area contributed by atoms with Gasteiger partial charge in [-0.25, -0.2) is 0 Å². The molecule has 0 heterocycles. The number of nitrogens with zero attached hydrogens (tertiary/aromatic N) is 2. The molecule has 0 unspecified atom stereocenters. The summed E-state index contributed by atoms with van der Waals surface area (Å²) >= 11 is 0. The van der Waals surface area contributed by atoms with Crippen molar-refractivity contribution < 1.29 is 0 Å². The second-order valence-corrected chi connectivity index (χ2v) is 6.04. The van der Waals surface area contributed by atoms with Gasteiger partial charge in [0.15, 0.2) is 0 Å². The van der Waals surface area contributed by atoms with Gasteiger partial charge in [0.1, 0.15) is 0 Å². The smallest absolute Gasteiger partial charge is 0.0475 e. The molecule has 0 aliphatic heterocycles. The van der Waals surface area contributed by atoms with Gasteiger partial charge < -0.3 is 4.90 Å². The molecule has 0 aromatic heterocycles. The zero-order valence-corrected chi connectivity index (χ0v) is 19.5. The fourth-order valence-electron chi connectivity index (χ4n) is 2.96. The molecule has 0 spiro atoms. The van der Waals surface area contributed by atoms with E-state index in [4.69, 9.17) is 0 Å². The first-order valence-electron chi connectivity index (χ1n) is 10.1. The highest BCUT2D eigenvalue weighted by Gasteiger charge is 2.14. The molecular weight excluding hydrogens is 328 g/mol. The minimum atomic E-state index is 0.900. The third kappa shape index (κ3) is 8.90. The predicted octanol–water partition coefficient (Wildman–Crippen LogP) is 7.60. The van der Waals surface area contributed by atoms with Gasteiger partial charge in [-0.2, -0.15) is 0 Å². The van der Waals surface area contributed by atoms with Gasteiger partial charge >= 0.3 is 0 Å². The van der Waals surface area contributed by atoms with Crippen LogP contribution < -0.4 is 0 Å². The number of hydrogen-bond donors (Lipinski definition) is 0. The fraction of sp³-hybridized carbons (Fsp3) is 0.480. The molecule has 0 radical (unpaired) electrons. The van der Waals surface area contributed by atoms with Gasteiger partial charge in [-0.1, -0.05) is 39.5 Å². The van der Waals surface area contributed by atoms with E-state index in [0.29, 0.717) is 0 Å². The Kier molecular flexibility index (Phi) is 16.2. The first-order chi connectivity index (χ1) is 12.9. The summed E-state index contributed by atoms with van der Waals surface area (Å²) in [5.41, 5.74) is 8.70. The van der Waals surface area contributed by atoms with Crippen molar-refractivity contribution in [3.05, 3.63) is 70.7 Å². The molecule has 1 rings (SSSR count). The van der Waals surface area contributed by atoms with Crippen molar-refractivity contribution in [3.63, 3.8) is 0 Å². The molecule has 152 valence electrons. The third-order valence-corrected chi connectivity index (χ3v) is 4.59. The Balaban J connectivity index is 0. The molecule has 1 aromatic carbocycles. The van der Waals surface area contributed by atoms with Crippen LogP contribution in [0, 0.1) is 27.7 Å². The zero-order chi connectivity index (χ0) is 21.4. The number of aliphatic imine (C=N–C) groups is 1. The molecule has 0 saturated carbocycles. The van der Waals surface area contributed by atoms with E-state index < -0.39 is 0 Å². The maximum Gasteiger partial charge on any atom is 0.0475 e. The van der Waals surface area contributed by atoms with Crippen LogP contribution in [0.3, 0.4) is 0 Å². The molecule has 0 fully saturated rings. The second kappa shape index (κ2) is 16.1. The third-order valence-electron chi connectivity index (χ3n) is 4.59. The van der Waals surface area contributed by atoms with E-state index in [1.54, 1.807) is 12.4 Å². The Morgan fingerprint density at radius 1 is 0.852 bits per heavy atom. The summed E-state index contributed by atoms with van der Waals surface area (Å²) in [5, 5.41) is 0. The summed E-state index contributed by atoms with van der Waals surface area (Å²) in [4.78, 5) is 5.92. The van der Waals surface area contributed by atoms with Crippen LogP contribution in [0.1, 0.15) is 74.9 Å². The molecule has 0 saturated heterocycles. The van der Waals surface area contributed by atoms with Crippen molar-refractivity contribution in [3.8, 4) is 0 Å². The highest BCUT2D eigenvalue weighted by molar-refractivity contribution is 5.54. The van der Waals surface area contributed by atoms with Crippen LogP contribution in [-0.2, 0) is 13.0 Å². The van der Waals surface area contributed by atoms with Gasteiger partial charge in [0.05, 0.1) is 0 Å². The van der Waals surface area contributed by atoms with Crippen LogP contribution in [0.4, 0.5) is 0 Å². The van der Waals surface area contributed by atoms with E-state index in [2.05, 4.69) is 57.3 Å². The van der Waals surface area contributed by atoms with Crippen LogP contribution >= 0.6 is 0 Å². The molecule has 0 bridgehead atoms. The highest BCUT2D eigenvalue weighted by Crippen LogP contribution is 2.28. The van der Waals surface area contributed by atoms with Crippen molar-refractivity contribution in [2.75, 3.05) is 0 Å². The summed E-state index contributed by atoms with van der Waals surface area (Å²) in [6.45, 7) is 25.9. The van der Waals surface area contributed by atoms with E-state index in [-0.39, 0.29) is 0 Å². The second-order valence-electron chi connectivity index (χ2n) is 6.04. The lowest BCUT2D eigenvalue weighted by atomic mass is 9.87. The van der Waals surface area contributed by atoms with Gasteiger partial charge in [-0.3, -0.25) is 4.99 Å². The molecule has 27 heavy (non-hydrogen) atoms.